The van der Waals surface area contributed by atoms with Gasteiger partial charge in [-0.15, -0.1) is 0 Å². The van der Waals surface area contributed by atoms with Crippen LogP contribution in [0, 0.1) is 13.8 Å². The molecule has 2 aromatic rings. The third kappa shape index (κ3) is 4.06. The number of aromatic nitrogens is 1. The Morgan fingerprint density at radius 3 is 2.62 bits per heavy atom. The minimum absolute atomic E-state index is 0.107. The average molecular weight is 289 g/mol. The monoisotopic (exact) mass is 289 g/mol. The maximum atomic E-state index is 12.2. The summed E-state index contributed by atoms with van der Waals surface area (Å²) in [6, 6.07) is 9.41. The van der Waals surface area contributed by atoms with E-state index in [1.165, 1.54) is 4.90 Å². The number of benzene rings is 1. The first-order valence-corrected chi connectivity index (χ1v) is 6.75. The van der Waals surface area contributed by atoms with Crippen LogP contribution in [0.2, 0.25) is 0 Å². The van der Waals surface area contributed by atoms with Crippen molar-refractivity contribution in [3.8, 4) is 0 Å². The standard InChI is InChI=1S/C15H19N3O3/c1-11-12(2)21-14(16-11)17-15(20)18(8-9-19)10-13-6-4-3-5-7-13/h3-7,19H,8-10H2,1-2H3,(H,16,17,20). The molecule has 2 rings (SSSR count). The number of nitrogens with zero attached hydrogens (tertiary/aromatic N) is 2. The fraction of sp³-hybridized carbons (Fsp3) is 0.333. The van der Waals surface area contributed by atoms with E-state index in [0.717, 1.165) is 11.3 Å². The summed E-state index contributed by atoms with van der Waals surface area (Å²) in [5.74, 6) is 0.669. The van der Waals surface area contributed by atoms with Crippen LogP contribution in [-0.4, -0.2) is 34.2 Å². The van der Waals surface area contributed by atoms with Crippen molar-refractivity contribution in [1.29, 1.82) is 0 Å². The molecule has 0 spiro atoms. The van der Waals surface area contributed by atoms with Crippen molar-refractivity contribution in [1.82, 2.24) is 9.88 Å². The first-order valence-electron chi connectivity index (χ1n) is 6.75. The van der Waals surface area contributed by atoms with E-state index in [9.17, 15) is 4.79 Å². The topological polar surface area (TPSA) is 78.6 Å². The number of hydrogen-bond donors (Lipinski definition) is 2. The molecular weight excluding hydrogens is 270 g/mol. The summed E-state index contributed by atoms with van der Waals surface area (Å²) in [4.78, 5) is 17.8. The summed E-state index contributed by atoms with van der Waals surface area (Å²) in [7, 11) is 0. The molecule has 21 heavy (non-hydrogen) atoms. The number of urea groups is 1. The highest BCUT2D eigenvalue weighted by atomic mass is 16.4. The zero-order valence-corrected chi connectivity index (χ0v) is 12.2. The molecule has 0 saturated heterocycles. The van der Waals surface area contributed by atoms with Crippen LogP contribution in [0.1, 0.15) is 17.0 Å². The van der Waals surface area contributed by atoms with E-state index in [-0.39, 0.29) is 25.2 Å². The van der Waals surface area contributed by atoms with Crippen molar-refractivity contribution in [2.75, 3.05) is 18.5 Å². The quantitative estimate of drug-likeness (QED) is 0.885. The summed E-state index contributed by atoms with van der Waals surface area (Å²) < 4.78 is 5.33. The summed E-state index contributed by atoms with van der Waals surface area (Å²) in [5, 5.41) is 11.7. The lowest BCUT2D eigenvalue weighted by Crippen LogP contribution is -2.36. The normalized spacial score (nSPS) is 10.4. The SMILES string of the molecule is Cc1nc(NC(=O)N(CCO)Cc2ccccc2)oc1C. The second kappa shape index (κ2) is 6.90. The van der Waals surface area contributed by atoms with Gasteiger partial charge in [-0.25, -0.2) is 4.79 Å². The molecule has 0 aliphatic heterocycles. The third-order valence-corrected chi connectivity index (χ3v) is 3.12. The number of oxazole rings is 1. The molecule has 6 heteroatoms. The Balaban J connectivity index is 2.04. The van der Waals surface area contributed by atoms with E-state index in [4.69, 9.17) is 9.52 Å². The first kappa shape index (κ1) is 15.1. The summed E-state index contributed by atoms with van der Waals surface area (Å²) in [5.41, 5.74) is 1.72. The van der Waals surface area contributed by atoms with Gasteiger partial charge in [0.25, 0.3) is 0 Å². The Labute approximate surface area is 123 Å². The van der Waals surface area contributed by atoms with E-state index >= 15 is 0 Å². The molecule has 1 aromatic carbocycles. The number of hydrogen-bond acceptors (Lipinski definition) is 4. The van der Waals surface area contributed by atoms with Crippen LogP contribution in [0.5, 0.6) is 0 Å². The van der Waals surface area contributed by atoms with Gasteiger partial charge < -0.3 is 14.4 Å². The van der Waals surface area contributed by atoms with Gasteiger partial charge in [-0.2, -0.15) is 4.98 Å². The average Bonchev–Trinajstić information content (AvgIpc) is 2.78. The molecule has 1 aromatic heterocycles. The van der Waals surface area contributed by atoms with Gasteiger partial charge in [0.05, 0.1) is 12.3 Å². The maximum Gasteiger partial charge on any atom is 0.325 e. The molecule has 0 unspecified atom stereocenters. The lowest BCUT2D eigenvalue weighted by Gasteiger charge is -2.21. The Hall–Kier alpha value is -2.34. The Morgan fingerprint density at radius 2 is 2.05 bits per heavy atom. The maximum absolute atomic E-state index is 12.2. The van der Waals surface area contributed by atoms with Gasteiger partial charge in [-0.3, -0.25) is 5.32 Å². The van der Waals surface area contributed by atoms with Crippen LogP contribution in [0.25, 0.3) is 0 Å². The van der Waals surface area contributed by atoms with Crippen molar-refractivity contribution in [3.05, 3.63) is 47.3 Å². The van der Waals surface area contributed by atoms with Gasteiger partial charge in [0.1, 0.15) is 5.76 Å². The minimum atomic E-state index is -0.353. The second-order valence-corrected chi connectivity index (χ2v) is 4.72. The van der Waals surface area contributed by atoms with Crippen LogP contribution < -0.4 is 5.32 Å². The Kier molecular flexibility index (Phi) is 4.94. The largest absolute Gasteiger partial charge is 0.428 e. The fourth-order valence-electron chi connectivity index (χ4n) is 1.87. The van der Waals surface area contributed by atoms with Gasteiger partial charge in [-0.1, -0.05) is 30.3 Å². The summed E-state index contributed by atoms with van der Waals surface area (Å²) in [6.45, 7) is 4.13. The zero-order valence-electron chi connectivity index (χ0n) is 12.2. The number of amides is 2. The number of anilines is 1. The number of aliphatic hydroxyl groups is 1. The van der Waals surface area contributed by atoms with Crippen LogP contribution in [-0.2, 0) is 6.54 Å². The van der Waals surface area contributed by atoms with E-state index in [2.05, 4.69) is 10.3 Å². The zero-order chi connectivity index (χ0) is 15.2. The highest BCUT2D eigenvalue weighted by Gasteiger charge is 2.16. The van der Waals surface area contributed by atoms with E-state index in [0.29, 0.717) is 12.3 Å². The summed E-state index contributed by atoms with van der Waals surface area (Å²) in [6.07, 6.45) is 0. The van der Waals surface area contributed by atoms with Crippen LogP contribution in [0.3, 0.4) is 0 Å². The molecule has 0 saturated carbocycles. The van der Waals surface area contributed by atoms with Crippen molar-refractivity contribution in [2.45, 2.75) is 20.4 Å². The Bertz CT molecular complexity index is 576. The number of aryl methyl sites for hydroxylation is 2. The van der Waals surface area contributed by atoms with Crippen LogP contribution in [0.4, 0.5) is 10.8 Å². The third-order valence-electron chi connectivity index (χ3n) is 3.12. The van der Waals surface area contributed by atoms with Crippen LogP contribution >= 0.6 is 0 Å². The minimum Gasteiger partial charge on any atom is -0.428 e. The molecule has 0 aliphatic rings. The van der Waals surface area contributed by atoms with Crippen LogP contribution in [0.15, 0.2) is 34.7 Å². The molecular formula is C15H19N3O3. The van der Waals surface area contributed by atoms with Crippen molar-refractivity contribution >= 4 is 12.0 Å². The van der Waals surface area contributed by atoms with Gasteiger partial charge in [-0.05, 0) is 19.4 Å². The predicted molar refractivity (Wildman–Crippen MR) is 78.9 cm³/mol. The molecule has 0 aliphatic carbocycles. The fourth-order valence-corrected chi connectivity index (χ4v) is 1.87. The number of aliphatic hydroxyl groups excluding tert-OH is 1. The highest BCUT2D eigenvalue weighted by Crippen LogP contribution is 2.14. The van der Waals surface area contributed by atoms with Gasteiger partial charge in [0, 0.05) is 13.1 Å². The molecule has 0 atom stereocenters. The Morgan fingerprint density at radius 1 is 1.33 bits per heavy atom. The van der Waals surface area contributed by atoms with Crippen molar-refractivity contribution < 1.29 is 14.3 Å². The molecule has 0 bridgehead atoms. The van der Waals surface area contributed by atoms with Crippen molar-refractivity contribution in [3.63, 3.8) is 0 Å². The molecule has 1 heterocycles. The van der Waals surface area contributed by atoms with E-state index < -0.39 is 0 Å². The van der Waals surface area contributed by atoms with Gasteiger partial charge in [0.2, 0.25) is 0 Å². The number of carbonyl (C=O) groups is 1. The lowest BCUT2D eigenvalue weighted by molar-refractivity contribution is 0.185. The molecule has 2 N–H and O–H groups in total. The lowest BCUT2D eigenvalue weighted by atomic mass is 10.2. The van der Waals surface area contributed by atoms with Gasteiger partial charge in [0.15, 0.2) is 0 Å². The van der Waals surface area contributed by atoms with Gasteiger partial charge >= 0.3 is 12.0 Å². The highest BCUT2D eigenvalue weighted by molar-refractivity contribution is 5.87. The predicted octanol–water partition coefficient (Wildman–Crippen LogP) is 2.32. The molecule has 0 radical (unpaired) electrons. The first-order chi connectivity index (χ1) is 10.1. The smallest absolute Gasteiger partial charge is 0.325 e. The summed E-state index contributed by atoms with van der Waals surface area (Å²) >= 11 is 0. The molecule has 112 valence electrons. The van der Waals surface area contributed by atoms with Crippen molar-refractivity contribution in [2.24, 2.45) is 0 Å². The molecule has 0 fully saturated rings. The van der Waals surface area contributed by atoms with E-state index in [1.807, 2.05) is 37.3 Å². The second-order valence-electron chi connectivity index (χ2n) is 4.72. The number of nitrogens with one attached hydrogen (secondary N) is 1. The number of rotatable bonds is 5. The molecule has 6 nitrogen and oxygen atoms in total. The van der Waals surface area contributed by atoms with E-state index in [1.54, 1.807) is 6.92 Å². The molecule has 2 amide bonds. The number of carbonyl (C=O) groups excluding carboxylic acids is 1.